The Kier molecular flexibility index (Phi) is 4.55. The Morgan fingerprint density at radius 1 is 1.21 bits per heavy atom. The zero-order valence-electron chi connectivity index (χ0n) is 15.8. The number of carbonyl (C=O) groups excluding carboxylic acids is 1. The maximum atomic E-state index is 12.9. The third-order valence-electron chi connectivity index (χ3n) is 4.63. The molecule has 9 nitrogen and oxygen atoms in total. The first-order valence-electron chi connectivity index (χ1n) is 8.92. The number of rotatable bonds is 4. The van der Waals surface area contributed by atoms with Crippen molar-refractivity contribution in [3.8, 4) is 5.69 Å². The van der Waals surface area contributed by atoms with Crippen molar-refractivity contribution in [1.82, 2.24) is 29.6 Å². The summed E-state index contributed by atoms with van der Waals surface area (Å²) in [5.74, 6) is -0.431. The smallest absolute Gasteiger partial charge is 0.329 e. The lowest BCUT2D eigenvalue weighted by atomic mass is 10.1. The number of carbonyl (C=O) groups is 1. The maximum absolute atomic E-state index is 12.9. The molecule has 4 rings (SSSR count). The number of hydrogen-bond donors (Lipinski definition) is 2. The average Bonchev–Trinajstić information content (AvgIpc) is 3.24. The van der Waals surface area contributed by atoms with Crippen molar-refractivity contribution >= 4 is 16.9 Å². The molecule has 0 saturated heterocycles. The van der Waals surface area contributed by atoms with Gasteiger partial charge in [-0.25, -0.2) is 14.5 Å². The number of aryl methyl sites for hydroxylation is 2. The Labute approximate surface area is 164 Å². The first kappa shape index (κ1) is 18.4. The number of para-hydroxylation sites is 1. The van der Waals surface area contributed by atoms with E-state index in [0.717, 1.165) is 11.3 Å². The molecular formula is C20H18N6O3. The molecular weight excluding hydrogens is 372 g/mol. The van der Waals surface area contributed by atoms with Crippen molar-refractivity contribution < 1.29 is 4.79 Å². The van der Waals surface area contributed by atoms with Crippen LogP contribution in [0.5, 0.6) is 0 Å². The van der Waals surface area contributed by atoms with Gasteiger partial charge in [0.2, 0.25) is 0 Å². The molecule has 3 aromatic heterocycles. The number of H-pyrrole nitrogens is 1. The first-order chi connectivity index (χ1) is 14.0. The van der Waals surface area contributed by atoms with E-state index in [-0.39, 0.29) is 23.1 Å². The molecule has 0 bridgehead atoms. The molecule has 29 heavy (non-hydrogen) atoms. The summed E-state index contributed by atoms with van der Waals surface area (Å²) in [7, 11) is 1.50. The van der Waals surface area contributed by atoms with Crippen LogP contribution in [-0.2, 0) is 13.6 Å². The second-order valence-electron chi connectivity index (χ2n) is 6.59. The molecule has 0 aliphatic heterocycles. The lowest BCUT2D eigenvalue weighted by molar-refractivity contribution is 0.0952. The monoisotopic (exact) mass is 390 g/mol. The summed E-state index contributed by atoms with van der Waals surface area (Å²) in [4.78, 5) is 43.6. The summed E-state index contributed by atoms with van der Waals surface area (Å²) >= 11 is 0. The normalized spacial score (nSPS) is 11.0. The summed E-state index contributed by atoms with van der Waals surface area (Å²) in [5.41, 5.74) is 1.34. The van der Waals surface area contributed by atoms with Gasteiger partial charge in [0.15, 0.2) is 0 Å². The fraction of sp³-hybridized carbons (Fsp3) is 0.150. The van der Waals surface area contributed by atoms with Crippen LogP contribution in [0.3, 0.4) is 0 Å². The van der Waals surface area contributed by atoms with Crippen molar-refractivity contribution in [1.29, 1.82) is 0 Å². The highest BCUT2D eigenvalue weighted by molar-refractivity contribution is 6.05. The van der Waals surface area contributed by atoms with Gasteiger partial charge in [0.25, 0.3) is 11.5 Å². The zero-order chi connectivity index (χ0) is 20.5. The van der Waals surface area contributed by atoms with Gasteiger partial charge in [-0.2, -0.15) is 5.10 Å². The van der Waals surface area contributed by atoms with E-state index in [1.165, 1.54) is 17.7 Å². The third-order valence-corrected chi connectivity index (χ3v) is 4.63. The quantitative estimate of drug-likeness (QED) is 0.540. The maximum Gasteiger partial charge on any atom is 0.329 e. The fourth-order valence-electron chi connectivity index (χ4n) is 3.21. The van der Waals surface area contributed by atoms with Gasteiger partial charge < -0.3 is 5.32 Å². The molecule has 0 unspecified atom stereocenters. The summed E-state index contributed by atoms with van der Waals surface area (Å²) in [6.45, 7) is 1.94. The highest BCUT2D eigenvalue weighted by Gasteiger charge is 2.18. The zero-order valence-corrected chi connectivity index (χ0v) is 15.8. The van der Waals surface area contributed by atoms with Crippen LogP contribution in [0.4, 0.5) is 0 Å². The molecule has 4 aromatic rings. The molecule has 9 heteroatoms. The first-order valence-corrected chi connectivity index (χ1v) is 8.92. The van der Waals surface area contributed by atoms with Crippen molar-refractivity contribution in [2.45, 2.75) is 13.5 Å². The van der Waals surface area contributed by atoms with Crippen LogP contribution in [0, 0.1) is 6.92 Å². The van der Waals surface area contributed by atoms with Gasteiger partial charge in [0.1, 0.15) is 5.65 Å². The van der Waals surface area contributed by atoms with E-state index in [0.29, 0.717) is 5.69 Å². The topological polar surface area (TPSA) is 115 Å². The van der Waals surface area contributed by atoms with E-state index in [1.54, 1.807) is 17.8 Å². The molecule has 0 spiro atoms. The highest BCUT2D eigenvalue weighted by Crippen LogP contribution is 2.16. The molecule has 0 aliphatic carbocycles. The molecule has 0 atom stereocenters. The van der Waals surface area contributed by atoms with Gasteiger partial charge in [-0.1, -0.05) is 18.2 Å². The summed E-state index contributed by atoms with van der Waals surface area (Å²) in [5, 5.41) is 7.16. The summed E-state index contributed by atoms with van der Waals surface area (Å²) in [6.07, 6.45) is 3.50. The minimum absolute atomic E-state index is 0.0792. The van der Waals surface area contributed by atoms with Crippen molar-refractivity contribution in [2.24, 2.45) is 7.05 Å². The van der Waals surface area contributed by atoms with Crippen molar-refractivity contribution in [3.63, 3.8) is 0 Å². The largest absolute Gasteiger partial charge is 0.348 e. The van der Waals surface area contributed by atoms with E-state index in [9.17, 15) is 14.4 Å². The van der Waals surface area contributed by atoms with E-state index in [2.05, 4.69) is 20.4 Å². The molecule has 146 valence electrons. The lowest BCUT2D eigenvalue weighted by Gasteiger charge is -2.12. The van der Waals surface area contributed by atoms with Gasteiger partial charge in [-0.15, -0.1) is 0 Å². The minimum Gasteiger partial charge on any atom is -0.348 e. The number of hydrogen-bond acceptors (Lipinski definition) is 5. The standard InChI is InChI=1S/C20H18N6O3/c1-12-10-14(16-17(23-12)25(2)20(29)24-19(16)28)18(27)21-11-13-6-3-4-7-15(13)26-9-5-8-22-26/h3-10H,11H2,1-2H3,(H,21,27)(H,24,28,29). The van der Waals surface area contributed by atoms with Crippen LogP contribution in [0.2, 0.25) is 0 Å². The van der Waals surface area contributed by atoms with E-state index < -0.39 is 17.2 Å². The average molecular weight is 390 g/mol. The molecule has 0 aliphatic rings. The fourth-order valence-corrected chi connectivity index (χ4v) is 3.21. The molecule has 1 aromatic carbocycles. The number of fused-ring (bicyclic) bond motifs is 1. The van der Waals surface area contributed by atoms with Gasteiger partial charge in [0, 0.05) is 31.7 Å². The van der Waals surface area contributed by atoms with Crippen LogP contribution >= 0.6 is 0 Å². The van der Waals surface area contributed by atoms with Gasteiger partial charge in [0.05, 0.1) is 16.6 Å². The Bertz CT molecular complexity index is 1330. The Hall–Kier alpha value is -4.01. The SMILES string of the molecule is Cc1cc(C(=O)NCc2ccccc2-n2cccn2)c2c(=O)[nH]c(=O)n(C)c2n1. The molecule has 2 N–H and O–H groups in total. The van der Waals surface area contributed by atoms with Gasteiger partial charge >= 0.3 is 5.69 Å². The second kappa shape index (κ2) is 7.19. The predicted octanol–water partition coefficient (Wildman–Crippen LogP) is 1.05. The number of benzene rings is 1. The Balaban J connectivity index is 1.71. The molecule has 0 saturated carbocycles. The summed E-state index contributed by atoms with van der Waals surface area (Å²) in [6, 6.07) is 10.9. The number of nitrogens with one attached hydrogen (secondary N) is 2. The van der Waals surface area contributed by atoms with E-state index in [1.807, 2.05) is 36.5 Å². The molecule has 1 amide bonds. The summed E-state index contributed by atoms with van der Waals surface area (Å²) < 4.78 is 2.93. The highest BCUT2D eigenvalue weighted by atomic mass is 16.2. The van der Waals surface area contributed by atoms with Crippen molar-refractivity contribution in [2.75, 3.05) is 0 Å². The Morgan fingerprint density at radius 2 is 2.00 bits per heavy atom. The van der Waals surface area contributed by atoms with Crippen LogP contribution < -0.4 is 16.6 Å². The number of aromatic amines is 1. The second-order valence-corrected chi connectivity index (χ2v) is 6.59. The Morgan fingerprint density at radius 3 is 2.76 bits per heavy atom. The number of amides is 1. The number of pyridine rings is 1. The van der Waals surface area contributed by atoms with Crippen LogP contribution in [0.25, 0.3) is 16.7 Å². The van der Waals surface area contributed by atoms with Crippen molar-refractivity contribution in [3.05, 3.63) is 86.5 Å². The molecule has 0 radical (unpaired) electrons. The third kappa shape index (κ3) is 3.33. The molecule has 3 heterocycles. The van der Waals surface area contributed by atoms with E-state index >= 15 is 0 Å². The number of nitrogens with zero attached hydrogens (tertiary/aromatic N) is 4. The molecule has 0 fully saturated rings. The van der Waals surface area contributed by atoms with E-state index in [4.69, 9.17) is 0 Å². The van der Waals surface area contributed by atoms with Gasteiger partial charge in [-0.05, 0) is 30.7 Å². The van der Waals surface area contributed by atoms with Crippen LogP contribution in [0.1, 0.15) is 21.6 Å². The van der Waals surface area contributed by atoms with Crippen LogP contribution in [-0.4, -0.2) is 30.2 Å². The number of aromatic nitrogens is 5. The predicted molar refractivity (Wildman–Crippen MR) is 107 cm³/mol. The van der Waals surface area contributed by atoms with Crippen LogP contribution in [0.15, 0.2) is 58.4 Å². The van der Waals surface area contributed by atoms with Gasteiger partial charge in [-0.3, -0.25) is 19.1 Å². The lowest BCUT2D eigenvalue weighted by Crippen LogP contribution is -2.32. The minimum atomic E-state index is -0.641.